The predicted molar refractivity (Wildman–Crippen MR) is 65.7 cm³/mol. The van der Waals surface area contributed by atoms with Crippen molar-refractivity contribution < 1.29 is 13.9 Å². The van der Waals surface area contributed by atoms with Gasteiger partial charge in [-0.25, -0.2) is 4.39 Å². The minimum absolute atomic E-state index is 0.0932. The van der Waals surface area contributed by atoms with Crippen LogP contribution in [-0.4, -0.2) is 38.3 Å². The topological polar surface area (TPSA) is 50.4 Å². The Labute approximate surface area is 106 Å². The Hall–Kier alpha value is -1.46. The second kappa shape index (κ2) is 6.47. The molecule has 0 unspecified atom stereocenters. The standard InChI is InChI=1S/C13H17FN2O2/c14-11-3-1-10(2-4-11)5-6-16-13(17)12-9-15-7-8-18-12/h1-4,12,15H,5-9H2,(H,16,17)/t12-/m0/s1. The highest BCUT2D eigenvalue weighted by Gasteiger charge is 2.20. The maximum absolute atomic E-state index is 12.7. The number of benzene rings is 1. The lowest BCUT2D eigenvalue weighted by Gasteiger charge is -2.22. The van der Waals surface area contributed by atoms with Crippen LogP contribution in [0.15, 0.2) is 24.3 Å². The molecule has 5 heteroatoms. The van der Waals surface area contributed by atoms with Crippen LogP contribution in [0, 0.1) is 5.82 Å². The van der Waals surface area contributed by atoms with Crippen LogP contribution in [0.1, 0.15) is 5.56 Å². The molecule has 1 aromatic carbocycles. The van der Waals surface area contributed by atoms with E-state index in [1.165, 1.54) is 12.1 Å². The van der Waals surface area contributed by atoms with Crippen molar-refractivity contribution in [3.63, 3.8) is 0 Å². The highest BCUT2D eigenvalue weighted by atomic mass is 19.1. The van der Waals surface area contributed by atoms with Crippen molar-refractivity contribution >= 4 is 5.91 Å². The van der Waals surface area contributed by atoms with E-state index in [2.05, 4.69) is 10.6 Å². The van der Waals surface area contributed by atoms with E-state index < -0.39 is 6.10 Å². The molecular formula is C13H17FN2O2. The summed E-state index contributed by atoms with van der Waals surface area (Å²) in [6.45, 7) is 2.45. The Bertz CT molecular complexity index is 388. The highest BCUT2D eigenvalue weighted by Crippen LogP contribution is 2.03. The number of carbonyl (C=O) groups excluding carboxylic acids is 1. The summed E-state index contributed by atoms with van der Waals surface area (Å²) >= 11 is 0. The first-order chi connectivity index (χ1) is 8.75. The minimum Gasteiger partial charge on any atom is -0.366 e. The zero-order chi connectivity index (χ0) is 12.8. The maximum Gasteiger partial charge on any atom is 0.250 e. The Balaban J connectivity index is 1.71. The lowest BCUT2D eigenvalue weighted by atomic mass is 10.1. The van der Waals surface area contributed by atoms with Gasteiger partial charge in [-0.2, -0.15) is 0 Å². The average Bonchev–Trinajstić information content (AvgIpc) is 2.42. The molecule has 4 nitrogen and oxygen atoms in total. The SMILES string of the molecule is O=C(NCCc1ccc(F)cc1)[C@@H]1CNCCO1. The molecule has 1 fully saturated rings. The first-order valence-corrected chi connectivity index (χ1v) is 6.10. The van der Waals surface area contributed by atoms with Gasteiger partial charge in [0, 0.05) is 19.6 Å². The van der Waals surface area contributed by atoms with Crippen LogP contribution < -0.4 is 10.6 Å². The first-order valence-electron chi connectivity index (χ1n) is 6.10. The van der Waals surface area contributed by atoms with Crippen LogP contribution in [0.4, 0.5) is 4.39 Å². The van der Waals surface area contributed by atoms with Crippen LogP contribution >= 0.6 is 0 Å². The average molecular weight is 252 g/mol. The quantitative estimate of drug-likeness (QED) is 0.819. The molecule has 18 heavy (non-hydrogen) atoms. The molecule has 0 aromatic heterocycles. The summed E-state index contributed by atoms with van der Waals surface area (Å²) in [5, 5.41) is 5.92. The van der Waals surface area contributed by atoms with Crippen molar-refractivity contribution in [2.24, 2.45) is 0 Å². The van der Waals surface area contributed by atoms with E-state index >= 15 is 0 Å². The highest BCUT2D eigenvalue weighted by molar-refractivity contribution is 5.81. The summed E-state index contributed by atoms with van der Waals surface area (Å²) < 4.78 is 18.0. The summed E-state index contributed by atoms with van der Waals surface area (Å²) in [6.07, 6.45) is 0.290. The monoisotopic (exact) mass is 252 g/mol. The lowest BCUT2D eigenvalue weighted by molar-refractivity contribution is -0.134. The van der Waals surface area contributed by atoms with E-state index in [4.69, 9.17) is 4.74 Å². The van der Waals surface area contributed by atoms with Crippen molar-refractivity contribution in [2.45, 2.75) is 12.5 Å². The van der Waals surface area contributed by atoms with Crippen molar-refractivity contribution in [3.8, 4) is 0 Å². The molecule has 0 radical (unpaired) electrons. The number of halogens is 1. The zero-order valence-corrected chi connectivity index (χ0v) is 10.1. The van der Waals surface area contributed by atoms with E-state index in [0.717, 1.165) is 12.1 Å². The summed E-state index contributed by atoms with van der Waals surface area (Å²) in [4.78, 5) is 11.7. The van der Waals surface area contributed by atoms with Crippen LogP contribution in [0.25, 0.3) is 0 Å². The molecule has 1 aliphatic rings. The van der Waals surface area contributed by atoms with Crippen LogP contribution in [-0.2, 0) is 16.0 Å². The van der Waals surface area contributed by atoms with E-state index in [9.17, 15) is 9.18 Å². The van der Waals surface area contributed by atoms with Gasteiger partial charge < -0.3 is 15.4 Å². The summed E-state index contributed by atoms with van der Waals surface area (Å²) in [5.74, 6) is -0.339. The molecule has 2 rings (SSSR count). The Kier molecular flexibility index (Phi) is 4.66. The van der Waals surface area contributed by atoms with Gasteiger partial charge in [0.15, 0.2) is 0 Å². The van der Waals surface area contributed by atoms with Crippen molar-refractivity contribution in [1.29, 1.82) is 0 Å². The molecule has 2 N–H and O–H groups in total. The van der Waals surface area contributed by atoms with Gasteiger partial charge in [0.05, 0.1) is 6.61 Å². The number of ether oxygens (including phenoxy) is 1. The van der Waals surface area contributed by atoms with E-state index in [0.29, 0.717) is 26.1 Å². The molecule has 1 aromatic rings. The molecule has 0 spiro atoms. The first kappa shape index (κ1) is 13.0. The lowest BCUT2D eigenvalue weighted by Crippen LogP contribution is -2.48. The normalized spacial score (nSPS) is 19.5. The number of rotatable bonds is 4. The van der Waals surface area contributed by atoms with Crippen LogP contribution in [0.5, 0.6) is 0 Å². The second-order valence-corrected chi connectivity index (χ2v) is 4.23. The molecule has 98 valence electrons. The number of carbonyl (C=O) groups is 1. The Morgan fingerprint density at radius 2 is 2.22 bits per heavy atom. The third-order valence-electron chi connectivity index (χ3n) is 2.85. The van der Waals surface area contributed by atoms with Gasteiger partial charge in [0.25, 0.3) is 0 Å². The van der Waals surface area contributed by atoms with Gasteiger partial charge in [-0.3, -0.25) is 4.79 Å². The number of hydrogen-bond acceptors (Lipinski definition) is 3. The Morgan fingerprint density at radius 1 is 1.44 bits per heavy atom. The van der Waals surface area contributed by atoms with Crippen molar-refractivity contribution in [2.75, 3.05) is 26.2 Å². The van der Waals surface area contributed by atoms with Crippen LogP contribution in [0.2, 0.25) is 0 Å². The summed E-state index contributed by atoms with van der Waals surface area (Å²) in [6, 6.07) is 6.29. The van der Waals surface area contributed by atoms with Crippen LogP contribution in [0.3, 0.4) is 0 Å². The largest absolute Gasteiger partial charge is 0.366 e. The maximum atomic E-state index is 12.7. The van der Waals surface area contributed by atoms with Crippen molar-refractivity contribution in [3.05, 3.63) is 35.6 Å². The predicted octanol–water partition coefficient (Wildman–Crippen LogP) is 0.473. The molecule has 1 atom stereocenters. The second-order valence-electron chi connectivity index (χ2n) is 4.23. The molecule has 1 heterocycles. The zero-order valence-electron chi connectivity index (χ0n) is 10.1. The van der Waals surface area contributed by atoms with E-state index in [1.807, 2.05) is 0 Å². The summed E-state index contributed by atoms with van der Waals surface area (Å²) in [5.41, 5.74) is 0.999. The molecule has 1 amide bonds. The fourth-order valence-corrected chi connectivity index (χ4v) is 1.83. The van der Waals surface area contributed by atoms with Gasteiger partial charge in [0.1, 0.15) is 11.9 Å². The molecule has 0 aliphatic carbocycles. The van der Waals surface area contributed by atoms with E-state index in [1.54, 1.807) is 12.1 Å². The fraction of sp³-hybridized carbons (Fsp3) is 0.462. The third kappa shape index (κ3) is 3.78. The van der Waals surface area contributed by atoms with Gasteiger partial charge in [0.2, 0.25) is 5.91 Å². The third-order valence-corrected chi connectivity index (χ3v) is 2.85. The smallest absolute Gasteiger partial charge is 0.250 e. The van der Waals surface area contributed by atoms with E-state index in [-0.39, 0.29) is 11.7 Å². The fourth-order valence-electron chi connectivity index (χ4n) is 1.83. The van der Waals surface area contributed by atoms with Crippen molar-refractivity contribution in [1.82, 2.24) is 10.6 Å². The molecular weight excluding hydrogens is 235 g/mol. The minimum atomic E-state index is -0.396. The van der Waals surface area contributed by atoms with Gasteiger partial charge in [-0.1, -0.05) is 12.1 Å². The molecule has 0 saturated carbocycles. The molecule has 1 saturated heterocycles. The van der Waals surface area contributed by atoms with Gasteiger partial charge in [-0.05, 0) is 24.1 Å². The molecule has 0 bridgehead atoms. The number of nitrogens with one attached hydrogen (secondary N) is 2. The summed E-state index contributed by atoms with van der Waals surface area (Å²) in [7, 11) is 0. The molecule has 1 aliphatic heterocycles. The Morgan fingerprint density at radius 3 is 2.89 bits per heavy atom. The number of hydrogen-bond donors (Lipinski definition) is 2. The number of morpholine rings is 1. The van der Waals surface area contributed by atoms with Gasteiger partial charge in [-0.15, -0.1) is 0 Å². The van der Waals surface area contributed by atoms with Gasteiger partial charge >= 0.3 is 0 Å². The number of amides is 1.